The van der Waals surface area contributed by atoms with Crippen molar-refractivity contribution in [2.75, 3.05) is 33.8 Å². The van der Waals surface area contributed by atoms with Crippen LogP contribution >= 0.6 is 11.3 Å². The molecule has 2 fully saturated rings. The Balaban J connectivity index is 1.77. The smallest absolute Gasteiger partial charge is 0.232 e. The topological polar surface area (TPSA) is 45.7 Å². The number of hydrogen-bond acceptors (Lipinski definition) is 5. The van der Waals surface area contributed by atoms with Gasteiger partial charge in [-0.2, -0.15) is 0 Å². The third-order valence-electron chi connectivity index (χ3n) is 4.37. The lowest BCUT2D eigenvalue weighted by Gasteiger charge is -2.43. The van der Waals surface area contributed by atoms with Gasteiger partial charge in [-0.15, -0.1) is 11.3 Å². The molecule has 3 rings (SSSR count). The summed E-state index contributed by atoms with van der Waals surface area (Å²) in [7, 11) is 3.68. The predicted molar refractivity (Wildman–Crippen MR) is 77.5 cm³/mol. The van der Waals surface area contributed by atoms with Crippen LogP contribution in [0, 0.1) is 5.41 Å². The highest BCUT2D eigenvalue weighted by Crippen LogP contribution is 2.42. The van der Waals surface area contributed by atoms with Crippen LogP contribution in [0.3, 0.4) is 0 Å². The van der Waals surface area contributed by atoms with Gasteiger partial charge in [0.1, 0.15) is 5.01 Å². The lowest BCUT2D eigenvalue weighted by Crippen LogP contribution is -2.56. The van der Waals surface area contributed by atoms with Crippen LogP contribution in [-0.2, 0) is 16.1 Å². The number of ether oxygens (including phenoxy) is 1. The molecular weight excluding hydrogens is 274 g/mol. The Labute approximate surface area is 123 Å². The summed E-state index contributed by atoms with van der Waals surface area (Å²) in [6.07, 6.45) is 3.70. The van der Waals surface area contributed by atoms with Gasteiger partial charge in [-0.3, -0.25) is 9.69 Å². The van der Waals surface area contributed by atoms with Crippen molar-refractivity contribution in [3.05, 3.63) is 16.6 Å². The summed E-state index contributed by atoms with van der Waals surface area (Å²) in [5, 5.41) is 3.12. The molecule has 1 aromatic heterocycles. The van der Waals surface area contributed by atoms with Crippen molar-refractivity contribution in [3.63, 3.8) is 0 Å². The van der Waals surface area contributed by atoms with Crippen LogP contribution in [0.25, 0.3) is 0 Å². The fourth-order valence-corrected chi connectivity index (χ4v) is 4.09. The van der Waals surface area contributed by atoms with Gasteiger partial charge in [0.15, 0.2) is 0 Å². The number of thiazole rings is 1. The van der Waals surface area contributed by atoms with E-state index in [4.69, 9.17) is 4.74 Å². The summed E-state index contributed by atoms with van der Waals surface area (Å²) >= 11 is 1.68. The van der Waals surface area contributed by atoms with E-state index < -0.39 is 0 Å². The van der Waals surface area contributed by atoms with E-state index in [1.807, 2.05) is 25.7 Å². The first-order valence-electron chi connectivity index (χ1n) is 7.06. The Hall–Kier alpha value is -0.980. The van der Waals surface area contributed by atoms with E-state index in [0.29, 0.717) is 6.61 Å². The standard InChI is InChI=1S/C14H21N3O2S/c1-16(2)13(18)14-4-7-19-11(14)3-6-17(10-14)9-12-15-5-8-20-12/h5,8,11H,3-4,6-7,9-10H2,1-2H3/t11-,14+/m1/s1. The summed E-state index contributed by atoms with van der Waals surface area (Å²) in [6.45, 7) is 3.31. The minimum absolute atomic E-state index is 0.0879. The number of nitrogens with zero attached hydrogens (tertiary/aromatic N) is 3. The highest BCUT2D eigenvalue weighted by Gasteiger charge is 2.53. The summed E-state index contributed by atoms with van der Waals surface area (Å²) < 4.78 is 5.83. The molecule has 0 saturated carbocycles. The van der Waals surface area contributed by atoms with Crippen LogP contribution in [0.1, 0.15) is 17.8 Å². The van der Waals surface area contributed by atoms with Crippen molar-refractivity contribution >= 4 is 17.2 Å². The van der Waals surface area contributed by atoms with Crippen molar-refractivity contribution in [2.45, 2.75) is 25.5 Å². The number of piperidine rings is 1. The van der Waals surface area contributed by atoms with Crippen LogP contribution in [0.2, 0.25) is 0 Å². The van der Waals surface area contributed by atoms with E-state index in [2.05, 4.69) is 9.88 Å². The first-order chi connectivity index (χ1) is 9.62. The molecule has 3 heterocycles. The van der Waals surface area contributed by atoms with Crippen LogP contribution in [0.4, 0.5) is 0 Å². The zero-order valence-electron chi connectivity index (χ0n) is 12.0. The average Bonchev–Trinajstić information content (AvgIpc) is 3.06. The first-order valence-corrected chi connectivity index (χ1v) is 7.94. The second-order valence-corrected chi connectivity index (χ2v) is 6.87. The van der Waals surface area contributed by atoms with Gasteiger partial charge in [-0.05, 0) is 12.8 Å². The van der Waals surface area contributed by atoms with Gasteiger partial charge in [0, 0.05) is 45.4 Å². The second kappa shape index (κ2) is 5.42. The summed E-state index contributed by atoms with van der Waals surface area (Å²) in [6, 6.07) is 0. The molecule has 0 spiro atoms. The largest absolute Gasteiger partial charge is 0.377 e. The van der Waals surface area contributed by atoms with Gasteiger partial charge < -0.3 is 9.64 Å². The number of hydrogen-bond donors (Lipinski definition) is 0. The zero-order chi connectivity index (χ0) is 14.2. The van der Waals surface area contributed by atoms with Gasteiger partial charge in [-0.25, -0.2) is 4.98 Å². The van der Waals surface area contributed by atoms with Crippen molar-refractivity contribution in [1.29, 1.82) is 0 Å². The maximum absolute atomic E-state index is 12.7. The predicted octanol–water partition coefficient (Wildman–Crippen LogP) is 1.21. The van der Waals surface area contributed by atoms with Gasteiger partial charge in [0.25, 0.3) is 0 Å². The molecule has 5 nitrogen and oxygen atoms in total. The number of rotatable bonds is 3. The maximum Gasteiger partial charge on any atom is 0.232 e. The van der Waals surface area contributed by atoms with Crippen LogP contribution in [0.15, 0.2) is 11.6 Å². The van der Waals surface area contributed by atoms with Crippen LogP contribution in [-0.4, -0.2) is 60.6 Å². The molecule has 110 valence electrons. The third-order valence-corrected chi connectivity index (χ3v) is 5.14. The quantitative estimate of drug-likeness (QED) is 0.841. The highest BCUT2D eigenvalue weighted by molar-refractivity contribution is 7.09. The summed E-state index contributed by atoms with van der Waals surface area (Å²) in [4.78, 5) is 21.1. The number of carbonyl (C=O) groups is 1. The Morgan fingerprint density at radius 3 is 3.20 bits per heavy atom. The highest BCUT2D eigenvalue weighted by atomic mass is 32.1. The van der Waals surface area contributed by atoms with E-state index in [1.165, 1.54) is 0 Å². The molecule has 0 N–H and O–H groups in total. The number of amides is 1. The van der Waals surface area contributed by atoms with Crippen molar-refractivity contribution in [1.82, 2.24) is 14.8 Å². The van der Waals surface area contributed by atoms with E-state index in [1.54, 1.807) is 16.2 Å². The minimum Gasteiger partial charge on any atom is -0.377 e. The summed E-state index contributed by atoms with van der Waals surface area (Å²) in [5.74, 6) is 0.212. The molecule has 2 saturated heterocycles. The number of aromatic nitrogens is 1. The first kappa shape index (κ1) is 14.0. The second-order valence-electron chi connectivity index (χ2n) is 5.89. The third kappa shape index (κ3) is 2.36. The van der Waals surface area contributed by atoms with Crippen LogP contribution in [0.5, 0.6) is 0 Å². The number of fused-ring (bicyclic) bond motifs is 1. The van der Waals surface area contributed by atoms with Gasteiger partial charge in [-0.1, -0.05) is 0 Å². The molecular formula is C14H21N3O2S. The maximum atomic E-state index is 12.7. The molecule has 0 bridgehead atoms. The Bertz CT molecular complexity index is 477. The lowest BCUT2D eigenvalue weighted by molar-refractivity contribution is -0.148. The molecule has 6 heteroatoms. The number of likely N-dealkylation sites (tertiary alicyclic amines) is 1. The fraction of sp³-hybridized carbons (Fsp3) is 0.714. The molecule has 0 unspecified atom stereocenters. The molecule has 2 aliphatic rings. The minimum atomic E-state index is -0.348. The van der Waals surface area contributed by atoms with E-state index in [0.717, 1.165) is 37.5 Å². The monoisotopic (exact) mass is 295 g/mol. The molecule has 1 amide bonds. The SMILES string of the molecule is CN(C)C(=O)[C@]12CCO[C@@H]1CCN(Cc1nccs1)C2. The van der Waals surface area contributed by atoms with Gasteiger partial charge >= 0.3 is 0 Å². The van der Waals surface area contributed by atoms with Crippen molar-refractivity contribution in [3.8, 4) is 0 Å². The van der Waals surface area contributed by atoms with E-state index in [-0.39, 0.29) is 17.4 Å². The van der Waals surface area contributed by atoms with Crippen LogP contribution < -0.4 is 0 Å². The Morgan fingerprint density at radius 1 is 1.65 bits per heavy atom. The van der Waals surface area contributed by atoms with Crippen molar-refractivity contribution < 1.29 is 9.53 Å². The number of carbonyl (C=O) groups excluding carboxylic acids is 1. The lowest BCUT2D eigenvalue weighted by atomic mass is 9.75. The Morgan fingerprint density at radius 2 is 2.50 bits per heavy atom. The van der Waals surface area contributed by atoms with Gasteiger partial charge in [0.2, 0.25) is 5.91 Å². The van der Waals surface area contributed by atoms with E-state index >= 15 is 0 Å². The van der Waals surface area contributed by atoms with Crippen molar-refractivity contribution in [2.24, 2.45) is 5.41 Å². The molecule has 2 atom stereocenters. The molecule has 0 aromatic carbocycles. The molecule has 0 aliphatic carbocycles. The average molecular weight is 295 g/mol. The molecule has 2 aliphatic heterocycles. The van der Waals surface area contributed by atoms with Gasteiger partial charge in [0.05, 0.1) is 18.1 Å². The molecule has 0 radical (unpaired) electrons. The fourth-order valence-electron chi connectivity index (χ4n) is 3.44. The zero-order valence-corrected chi connectivity index (χ0v) is 12.9. The summed E-state index contributed by atoms with van der Waals surface area (Å²) in [5.41, 5.74) is -0.348. The van der Waals surface area contributed by atoms with E-state index in [9.17, 15) is 4.79 Å². The molecule has 1 aromatic rings. The Kier molecular flexibility index (Phi) is 3.79. The normalized spacial score (nSPS) is 30.2. The molecule has 20 heavy (non-hydrogen) atoms.